The first-order valence-corrected chi connectivity index (χ1v) is 7.91. The molecule has 0 unspecified atom stereocenters. The van der Waals surface area contributed by atoms with Gasteiger partial charge in [-0.05, 0) is 30.3 Å². The molecule has 3 aromatic rings. The summed E-state index contributed by atoms with van der Waals surface area (Å²) in [6.45, 7) is 0. The monoisotopic (exact) mass is 331 g/mol. The maximum absolute atomic E-state index is 6.18. The van der Waals surface area contributed by atoms with Gasteiger partial charge in [-0.3, -0.25) is 0 Å². The van der Waals surface area contributed by atoms with Crippen LogP contribution in [0.4, 0.5) is 0 Å². The number of hydrogen-bond acceptors (Lipinski definition) is 4. The van der Waals surface area contributed by atoms with Crippen LogP contribution >= 0.6 is 22.9 Å². The van der Waals surface area contributed by atoms with Gasteiger partial charge in [0.15, 0.2) is 0 Å². The molecule has 0 aliphatic carbocycles. The van der Waals surface area contributed by atoms with Crippen LogP contribution in [0.2, 0.25) is 5.02 Å². The Morgan fingerprint density at radius 2 is 1.77 bits per heavy atom. The zero-order valence-electron chi connectivity index (χ0n) is 12.2. The van der Waals surface area contributed by atoms with E-state index in [1.165, 1.54) is 0 Å². The van der Waals surface area contributed by atoms with Crippen molar-refractivity contribution >= 4 is 22.9 Å². The molecule has 0 aliphatic rings. The lowest BCUT2D eigenvalue weighted by Gasteiger charge is -2.05. The Morgan fingerprint density at radius 3 is 2.50 bits per heavy atom. The minimum Gasteiger partial charge on any atom is -0.496 e. The Balaban J connectivity index is 1.99. The summed E-state index contributed by atoms with van der Waals surface area (Å²) in [5.41, 5.74) is 2.83. The van der Waals surface area contributed by atoms with Gasteiger partial charge in [0.25, 0.3) is 0 Å². The normalized spacial score (nSPS) is 10.5. The summed E-state index contributed by atoms with van der Waals surface area (Å²) in [7, 11) is 3.26. The summed E-state index contributed by atoms with van der Waals surface area (Å²) < 4.78 is 10.6. The average Bonchev–Trinajstić information content (AvgIpc) is 3.04. The van der Waals surface area contributed by atoms with Crippen molar-refractivity contribution in [3.05, 3.63) is 52.9 Å². The molecular weight excluding hydrogens is 318 g/mol. The summed E-state index contributed by atoms with van der Waals surface area (Å²) >= 11 is 7.76. The molecule has 1 heterocycles. The predicted octanol–water partition coefficient (Wildman–Crippen LogP) is 5.15. The summed E-state index contributed by atoms with van der Waals surface area (Å²) in [4.78, 5) is 4.70. The van der Waals surface area contributed by atoms with Crippen molar-refractivity contribution < 1.29 is 9.47 Å². The number of halogens is 1. The number of methoxy groups -OCH3 is 2. The SMILES string of the molecule is COc1ccc(-c2csc(-c3ccccc3OC)n2)cc1Cl. The fourth-order valence-corrected chi connectivity index (χ4v) is 3.29. The fraction of sp³-hybridized carbons (Fsp3) is 0.118. The number of para-hydroxylation sites is 1. The second kappa shape index (κ2) is 6.38. The molecule has 22 heavy (non-hydrogen) atoms. The zero-order chi connectivity index (χ0) is 15.5. The summed E-state index contributed by atoms with van der Waals surface area (Å²) in [6.07, 6.45) is 0. The molecule has 0 saturated carbocycles. The van der Waals surface area contributed by atoms with Crippen molar-refractivity contribution in [1.82, 2.24) is 4.98 Å². The van der Waals surface area contributed by atoms with E-state index in [0.717, 1.165) is 27.6 Å². The van der Waals surface area contributed by atoms with Gasteiger partial charge in [-0.2, -0.15) is 0 Å². The van der Waals surface area contributed by atoms with Gasteiger partial charge in [0.2, 0.25) is 0 Å². The lowest BCUT2D eigenvalue weighted by molar-refractivity contribution is 0.415. The van der Waals surface area contributed by atoms with Crippen LogP contribution in [-0.4, -0.2) is 19.2 Å². The standard InChI is InChI=1S/C17H14ClNO2S/c1-20-15-6-4-3-5-12(15)17-19-14(10-22-17)11-7-8-16(21-2)13(18)9-11/h3-10H,1-2H3. The maximum atomic E-state index is 6.18. The highest BCUT2D eigenvalue weighted by Gasteiger charge is 2.12. The number of ether oxygens (including phenoxy) is 2. The molecule has 3 rings (SSSR count). The van der Waals surface area contributed by atoms with Crippen LogP contribution < -0.4 is 9.47 Å². The van der Waals surface area contributed by atoms with Crippen molar-refractivity contribution in [1.29, 1.82) is 0 Å². The second-order valence-electron chi connectivity index (χ2n) is 4.59. The zero-order valence-corrected chi connectivity index (χ0v) is 13.7. The third-order valence-corrected chi connectivity index (χ3v) is 4.46. The molecule has 0 bridgehead atoms. The number of hydrogen-bond donors (Lipinski definition) is 0. The van der Waals surface area contributed by atoms with Gasteiger partial charge in [-0.25, -0.2) is 4.98 Å². The molecule has 0 amide bonds. The van der Waals surface area contributed by atoms with Crippen molar-refractivity contribution in [2.45, 2.75) is 0 Å². The van der Waals surface area contributed by atoms with Crippen LogP contribution in [0.3, 0.4) is 0 Å². The molecule has 1 aromatic heterocycles. The minimum atomic E-state index is 0.576. The van der Waals surface area contributed by atoms with Gasteiger partial charge in [-0.15, -0.1) is 11.3 Å². The van der Waals surface area contributed by atoms with E-state index in [9.17, 15) is 0 Å². The lowest BCUT2D eigenvalue weighted by atomic mass is 10.1. The molecule has 3 nitrogen and oxygen atoms in total. The van der Waals surface area contributed by atoms with E-state index in [-0.39, 0.29) is 0 Å². The molecule has 0 radical (unpaired) electrons. The molecule has 0 fully saturated rings. The first-order chi connectivity index (χ1) is 10.7. The second-order valence-corrected chi connectivity index (χ2v) is 5.85. The molecule has 0 atom stereocenters. The molecule has 0 saturated heterocycles. The number of nitrogens with zero attached hydrogens (tertiary/aromatic N) is 1. The molecule has 0 spiro atoms. The van der Waals surface area contributed by atoms with E-state index in [1.54, 1.807) is 25.6 Å². The fourth-order valence-electron chi connectivity index (χ4n) is 2.18. The molecule has 2 aromatic carbocycles. The first-order valence-electron chi connectivity index (χ1n) is 6.65. The molecule has 0 N–H and O–H groups in total. The van der Waals surface area contributed by atoms with Crippen LogP contribution in [0.15, 0.2) is 47.8 Å². The third-order valence-electron chi connectivity index (χ3n) is 3.29. The van der Waals surface area contributed by atoms with Gasteiger partial charge in [0, 0.05) is 10.9 Å². The van der Waals surface area contributed by atoms with Crippen LogP contribution in [0.5, 0.6) is 11.5 Å². The Morgan fingerprint density at radius 1 is 1.00 bits per heavy atom. The van der Waals surface area contributed by atoms with Crippen LogP contribution in [0.1, 0.15) is 0 Å². The van der Waals surface area contributed by atoms with Crippen molar-refractivity contribution in [3.8, 4) is 33.3 Å². The van der Waals surface area contributed by atoms with Crippen LogP contribution in [0, 0.1) is 0 Å². The maximum Gasteiger partial charge on any atom is 0.137 e. The van der Waals surface area contributed by atoms with E-state index >= 15 is 0 Å². The lowest BCUT2D eigenvalue weighted by Crippen LogP contribution is -1.87. The van der Waals surface area contributed by atoms with Gasteiger partial charge in [0.05, 0.1) is 30.5 Å². The largest absolute Gasteiger partial charge is 0.496 e. The number of benzene rings is 2. The van der Waals surface area contributed by atoms with E-state index in [1.807, 2.05) is 47.8 Å². The summed E-state index contributed by atoms with van der Waals surface area (Å²) in [5.74, 6) is 1.47. The van der Waals surface area contributed by atoms with Gasteiger partial charge in [-0.1, -0.05) is 23.7 Å². The molecule has 112 valence electrons. The van der Waals surface area contributed by atoms with E-state index in [2.05, 4.69) is 0 Å². The highest BCUT2D eigenvalue weighted by atomic mass is 35.5. The highest BCUT2D eigenvalue weighted by Crippen LogP contribution is 2.36. The summed E-state index contributed by atoms with van der Waals surface area (Å²) in [5, 5.41) is 3.51. The Bertz CT molecular complexity index is 801. The molecular formula is C17H14ClNO2S. The van der Waals surface area contributed by atoms with E-state index in [0.29, 0.717) is 10.8 Å². The smallest absolute Gasteiger partial charge is 0.137 e. The van der Waals surface area contributed by atoms with Crippen LogP contribution in [-0.2, 0) is 0 Å². The topological polar surface area (TPSA) is 31.4 Å². The average molecular weight is 332 g/mol. The van der Waals surface area contributed by atoms with Crippen molar-refractivity contribution in [3.63, 3.8) is 0 Å². The van der Waals surface area contributed by atoms with Gasteiger partial charge < -0.3 is 9.47 Å². The molecule has 5 heteroatoms. The van der Waals surface area contributed by atoms with Gasteiger partial charge >= 0.3 is 0 Å². The Hall–Kier alpha value is -2.04. The molecule has 0 aliphatic heterocycles. The quantitative estimate of drug-likeness (QED) is 0.662. The minimum absolute atomic E-state index is 0.576. The number of aromatic nitrogens is 1. The van der Waals surface area contributed by atoms with E-state index in [4.69, 9.17) is 26.1 Å². The predicted molar refractivity (Wildman–Crippen MR) is 91.1 cm³/mol. The third kappa shape index (κ3) is 2.80. The summed E-state index contributed by atoms with van der Waals surface area (Å²) in [6, 6.07) is 13.5. The van der Waals surface area contributed by atoms with Crippen LogP contribution in [0.25, 0.3) is 21.8 Å². The van der Waals surface area contributed by atoms with E-state index < -0.39 is 0 Å². The first kappa shape index (κ1) is 14.9. The van der Waals surface area contributed by atoms with Gasteiger partial charge in [0.1, 0.15) is 16.5 Å². The van der Waals surface area contributed by atoms with Crippen molar-refractivity contribution in [2.75, 3.05) is 14.2 Å². The number of rotatable bonds is 4. The number of thiazole rings is 1. The van der Waals surface area contributed by atoms with Crippen molar-refractivity contribution in [2.24, 2.45) is 0 Å². The Labute approximate surface area is 138 Å². The highest BCUT2D eigenvalue weighted by molar-refractivity contribution is 7.13. The Kier molecular flexibility index (Phi) is 4.32.